The van der Waals surface area contributed by atoms with Crippen LogP contribution in [0.25, 0.3) is 17.0 Å². The van der Waals surface area contributed by atoms with Gasteiger partial charge in [-0.1, -0.05) is 63.2 Å². The van der Waals surface area contributed by atoms with Gasteiger partial charge < -0.3 is 4.74 Å². The highest BCUT2D eigenvalue weighted by Gasteiger charge is 2.30. The Labute approximate surface area is 204 Å². The molecule has 1 unspecified atom stereocenters. The molecule has 4 aromatic rings. The zero-order valence-electron chi connectivity index (χ0n) is 19.9. The zero-order valence-corrected chi connectivity index (χ0v) is 19.9. The molecular formula is C29H27FN2O3. The third kappa shape index (κ3) is 5.90. The van der Waals surface area contributed by atoms with Crippen LogP contribution in [0.15, 0.2) is 85.1 Å². The van der Waals surface area contributed by atoms with Crippen molar-refractivity contribution in [1.82, 2.24) is 4.98 Å². The molecule has 1 heterocycles. The van der Waals surface area contributed by atoms with E-state index in [1.807, 2.05) is 48.5 Å². The van der Waals surface area contributed by atoms with Gasteiger partial charge in [-0.2, -0.15) is 0 Å². The number of nitro groups is 1. The first-order valence-corrected chi connectivity index (χ1v) is 11.4. The van der Waals surface area contributed by atoms with E-state index in [2.05, 4.69) is 37.9 Å². The minimum Gasteiger partial charge on any atom is -0.487 e. The molecule has 5 nitrogen and oxygen atoms in total. The van der Waals surface area contributed by atoms with Crippen LogP contribution in [-0.2, 0) is 6.61 Å². The standard InChI is InChI=1S/C29H27FN2O3/c1-29(2,3)28(21-7-5-4-6-8-21)26-18-25(13-10-20(26)15-16-32(33)34)35-19-24-12-9-22-17-23(30)11-14-27(22)31-24/h4-18,28H,19H2,1-3H3/b16-15+. The summed E-state index contributed by atoms with van der Waals surface area (Å²) in [6.45, 7) is 6.70. The molecule has 0 aliphatic rings. The molecule has 4 rings (SSSR count). The van der Waals surface area contributed by atoms with E-state index in [0.717, 1.165) is 34.0 Å². The van der Waals surface area contributed by atoms with Crippen molar-refractivity contribution in [3.8, 4) is 5.75 Å². The minimum atomic E-state index is -0.458. The molecule has 0 radical (unpaired) electrons. The summed E-state index contributed by atoms with van der Waals surface area (Å²) in [4.78, 5) is 15.1. The number of fused-ring (bicyclic) bond motifs is 1. The molecule has 0 amide bonds. The molecule has 1 aromatic heterocycles. The maximum absolute atomic E-state index is 13.5. The number of pyridine rings is 1. The average Bonchev–Trinajstić information content (AvgIpc) is 2.82. The van der Waals surface area contributed by atoms with Crippen molar-refractivity contribution in [3.05, 3.63) is 123 Å². The molecule has 1 atom stereocenters. The van der Waals surface area contributed by atoms with Crippen LogP contribution >= 0.6 is 0 Å². The van der Waals surface area contributed by atoms with E-state index in [1.54, 1.807) is 6.07 Å². The Morgan fingerprint density at radius 2 is 1.80 bits per heavy atom. The van der Waals surface area contributed by atoms with Crippen LogP contribution in [-0.4, -0.2) is 9.91 Å². The van der Waals surface area contributed by atoms with E-state index >= 15 is 0 Å². The van der Waals surface area contributed by atoms with Gasteiger partial charge in [0.25, 0.3) is 0 Å². The Morgan fingerprint density at radius 1 is 1.03 bits per heavy atom. The van der Waals surface area contributed by atoms with Gasteiger partial charge in [0.05, 0.1) is 16.1 Å². The van der Waals surface area contributed by atoms with Gasteiger partial charge in [0.1, 0.15) is 18.2 Å². The van der Waals surface area contributed by atoms with Crippen LogP contribution in [0, 0.1) is 21.3 Å². The molecule has 178 valence electrons. The smallest absolute Gasteiger partial charge is 0.235 e. The normalized spacial score (nSPS) is 12.7. The van der Waals surface area contributed by atoms with Crippen LogP contribution in [0.3, 0.4) is 0 Å². The van der Waals surface area contributed by atoms with Gasteiger partial charge >= 0.3 is 0 Å². The Morgan fingerprint density at radius 3 is 2.51 bits per heavy atom. The van der Waals surface area contributed by atoms with Crippen LogP contribution in [0.2, 0.25) is 0 Å². The van der Waals surface area contributed by atoms with Gasteiger partial charge in [-0.3, -0.25) is 10.1 Å². The second-order valence-corrected chi connectivity index (χ2v) is 9.53. The molecule has 0 bridgehead atoms. The van der Waals surface area contributed by atoms with E-state index in [0.29, 0.717) is 11.3 Å². The number of hydrogen-bond donors (Lipinski definition) is 0. The topological polar surface area (TPSA) is 65.3 Å². The Hall–Kier alpha value is -4.06. The SMILES string of the molecule is CC(C)(C)C(c1ccccc1)c1cc(OCc2ccc3cc(F)ccc3n2)ccc1/C=C/[N+](=O)[O-]. The average molecular weight is 471 g/mol. The van der Waals surface area contributed by atoms with Crippen molar-refractivity contribution in [3.63, 3.8) is 0 Å². The van der Waals surface area contributed by atoms with Crippen molar-refractivity contribution < 1.29 is 14.1 Å². The number of benzene rings is 3. The summed E-state index contributed by atoms with van der Waals surface area (Å²) in [6.07, 6.45) is 2.50. The second-order valence-electron chi connectivity index (χ2n) is 9.53. The van der Waals surface area contributed by atoms with E-state index in [9.17, 15) is 14.5 Å². The lowest BCUT2D eigenvalue weighted by atomic mass is 9.71. The fourth-order valence-electron chi connectivity index (χ4n) is 4.35. The van der Waals surface area contributed by atoms with Crippen molar-refractivity contribution in [2.45, 2.75) is 33.3 Å². The lowest BCUT2D eigenvalue weighted by Gasteiger charge is -2.33. The van der Waals surface area contributed by atoms with Gasteiger partial charge in [-0.15, -0.1) is 0 Å². The van der Waals surface area contributed by atoms with E-state index in [4.69, 9.17) is 4.74 Å². The molecule has 0 aliphatic carbocycles. The predicted octanol–water partition coefficient (Wildman–Crippen LogP) is 7.38. The summed E-state index contributed by atoms with van der Waals surface area (Å²) in [5.74, 6) is 0.325. The first kappa shape index (κ1) is 24.1. The largest absolute Gasteiger partial charge is 0.487 e. The molecule has 0 saturated heterocycles. The maximum atomic E-state index is 13.5. The lowest BCUT2D eigenvalue weighted by molar-refractivity contribution is -0.400. The molecule has 0 saturated carbocycles. The maximum Gasteiger partial charge on any atom is 0.235 e. The fourth-order valence-corrected chi connectivity index (χ4v) is 4.35. The summed E-state index contributed by atoms with van der Waals surface area (Å²) < 4.78 is 19.5. The number of rotatable bonds is 7. The van der Waals surface area contributed by atoms with Crippen LogP contribution < -0.4 is 4.74 Å². The highest BCUT2D eigenvalue weighted by atomic mass is 19.1. The second kappa shape index (κ2) is 10.1. The number of ether oxygens (including phenoxy) is 1. The van der Waals surface area contributed by atoms with Crippen molar-refractivity contribution in [2.75, 3.05) is 0 Å². The van der Waals surface area contributed by atoms with Crippen LogP contribution in [0.5, 0.6) is 5.75 Å². The minimum absolute atomic E-state index is 0.0210. The summed E-state index contributed by atoms with van der Waals surface area (Å²) in [5, 5.41) is 11.8. The van der Waals surface area contributed by atoms with E-state index in [-0.39, 0.29) is 23.8 Å². The third-order valence-electron chi connectivity index (χ3n) is 5.84. The van der Waals surface area contributed by atoms with E-state index in [1.165, 1.54) is 18.2 Å². The number of nitrogens with zero attached hydrogens (tertiary/aromatic N) is 2. The quantitative estimate of drug-likeness (QED) is 0.209. The number of hydrogen-bond acceptors (Lipinski definition) is 4. The summed E-state index contributed by atoms with van der Waals surface area (Å²) in [7, 11) is 0. The first-order chi connectivity index (χ1) is 16.7. The molecule has 6 heteroatoms. The molecule has 0 fully saturated rings. The first-order valence-electron chi connectivity index (χ1n) is 11.4. The van der Waals surface area contributed by atoms with Crippen molar-refractivity contribution >= 4 is 17.0 Å². The Balaban J connectivity index is 1.69. The van der Waals surface area contributed by atoms with Crippen LogP contribution in [0.1, 0.15) is 49.1 Å². The molecular weight excluding hydrogens is 443 g/mol. The van der Waals surface area contributed by atoms with Gasteiger partial charge in [-0.05, 0) is 58.5 Å². The third-order valence-corrected chi connectivity index (χ3v) is 5.84. The summed E-state index contributed by atoms with van der Waals surface area (Å²) >= 11 is 0. The molecule has 0 N–H and O–H groups in total. The van der Waals surface area contributed by atoms with Gasteiger partial charge in [-0.25, -0.2) is 9.37 Å². The summed E-state index contributed by atoms with van der Waals surface area (Å²) in [5.41, 5.74) is 4.09. The van der Waals surface area contributed by atoms with Crippen LogP contribution in [0.4, 0.5) is 4.39 Å². The molecule has 35 heavy (non-hydrogen) atoms. The van der Waals surface area contributed by atoms with E-state index < -0.39 is 4.92 Å². The zero-order chi connectivity index (χ0) is 25.0. The van der Waals surface area contributed by atoms with Gasteiger partial charge in [0, 0.05) is 17.4 Å². The molecule has 0 aliphatic heterocycles. The fraction of sp³-hybridized carbons (Fsp3) is 0.207. The van der Waals surface area contributed by atoms with Gasteiger partial charge in [0.15, 0.2) is 0 Å². The number of halogens is 1. The lowest BCUT2D eigenvalue weighted by Crippen LogP contribution is -2.20. The van der Waals surface area contributed by atoms with Gasteiger partial charge in [0.2, 0.25) is 6.20 Å². The summed E-state index contributed by atoms with van der Waals surface area (Å²) in [6, 6.07) is 23.9. The number of aromatic nitrogens is 1. The Kier molecular flexibility index (Phi) is 6.92. The molecule has 3 aromatic carbocycles. The van der Waals surface area contributed by atoms with Crippen molar-refractivity contribution in [2.24, 2.45) is 5.41 Å². The predicted molar refractivity (Wildman–Crippen MR) is 136 cm³/mol. The molecule has 0 spiro atoms. The monoisotopic (exact) mass is 470 g/mol. The Bertz CT molecular complexity index is 1380. The highest BCUT2D eigenvalue weighted by Crippen LogP contribution is 2.43. The highest BCUT2D eigenvalue weighted by molar-refractivity contribution is 5.78. The van der Waals surface area contributed by atoms with Crippen molar-refractivity contribution in [1.29, 1.82) is 0 Å².